The van der Waals surface area contributed by atoms with Crippen LogP contribution in [0, 0.1) is 17.7 Å². The van der Waals surface area contributed by atoms with Crippen LogP contribution in [0.5, 0.6) is 0 Å². The predicted molar refractivity (Wildman–Crippen MR) is 119 cm³/mol. The summed E-state index contributed by atoms with van der Waals surface area (Å²) >= 11 is 0. The van der Waals surface area contributed by atoms with Gasteiger partial charge in [-0.1, -0.05) is 12.2 Å². The third-order valence-corrected chi connectivity index (χ3v) is 6.06. The summed E-state index contributed by atoms with van der Waals surface area (Å²) in [5.74, 6) is -2.64. The Kier molecular flexibility index (Phi) is 6.21. The van der Waals surface area contributed by atoms with Gasteiger partial charge in [0.15, 0.2) is 0 Å². The molecule has 0 spiro atoms. The molecule has 31 heavy (non-hydrogen) atoms. The first-order valence-electron chi connectivity index (χ1n) is 10.6. The summed E-state index contributed by atoms with van der Waals surface area (Å²) in [4.78, 5) is 28.6. The summed E-state index contributed by atoms with van der Waals surface area (Å²) in [6.45, 7) is 3.38. The summed E-state index contributed by atoms with van der Waals surface area (Å²) in [7, 11) is 0. The van der Waals surface area contributed by atoms with Crippen LogP contribution in [0.1, 0.15) is 12.8 Å². The van der Waals surface area contributed by atoms with Crippen molar-refractivity contribution in [1.82, 2.24) is 0 Å². The fourth-order valence-electron chi connectivity index (χ4n) is 4.24. The van der Waals surface area contributed by atoms with Crippen molar-refractivity contribution >= 4 is 28.9 Å². The molecule has 162 valence electrons. The first-order valence-corrected chi connectivity index (χ1v) is 10.6. The molecule has 2 aromatic carbocycles. The van der Waals surface area contributed by atoms with E-state index in [0.29, 0.717) is 18.5 Å². The number of allylic oxidation sites excluding steroid dienone is 2. The Labute approximate surface area is 181 Å². The molecule has 0 saturated carbocycles. The maximum Gasteiger partial charge on any atom is 0.307 e. The Hall–Kier alpha value is -3.35. The number of carbonyl (C=O) groups is 2. The fourth-order valence-corrected chi connectivity index (χ4v) is 4.24. The Morgan fingerprint density at radius 2 is 1.29 bits per heavy atom. The lowest BCUT2D eigenvalue weighted by Crippen LogP contribution is -2.46. The van der Waals surface area contributed by atoms with E-state index >= 15 is 0 Å². The predicted octanol–water partition coefficient (Wildman–Crippen LogP) is 3.76. The molecule has 1 amide bonds. The van der Waals surface area contributed by atoms with Gasteiger partial charge in [0, 0.05) is 43.2 Å². The number of hydrogen-bond acceptors (Lipinski definition) is 4. The van der Waals surface area contributed by atoms with E-state index in [9.17, 15) is 19.1 Å². The van der Waals surface area contributed by atoms with Crippen molar-refractivity contribution in [3.63, 3.8) is 0 Å². The van der Waals surface area contributed by atoms with Crippen LogP contribution in [0.3, 0.4) is 0 Å². The van der Waals surface area contributed by atoms with E-state index in [2.05, 4.69) is 15.1 Å². The molecule has 6 nitrogen and oxygen atoms in total. The number of anilines is 3. The van der Waals surface area contributed by atoms with Gasteiger partial charge in [-0.15, -0.1) is 0 Å². The molecule has 1 saturated heterocycles. The molecule has 0 unspecified atom stereocenters. The number of amides is 1. The van der Waals surface area contributed by atoms with E-state index in [-0.39, 0.29) is 11.7 Å². The van der Waals surface area contributed by atoms with Crippen LogP contribution in [0.25, 0.3) is 0 Å². The zero-order valence-electron chi connectivity index (χ0n) is 17.2. The number of nitrogens with one attached hydrogen (secondary N) is 1. The van der Waals surface area contributed by atoms with E-state index < -0.39 is 17.8 Å². The van der Waals surface area contributed by atoms with Crippen LogP contribution < -0.4 is 15.1 Å². The first kappa shape index (κ1) is 20.9. The summed E-state index contributed by atoms with van der Waals surface area (Å²) in [5, 5.41) is 12.2. The van der Waals surface area contributed by atoms with Gasteiger partial charge in [0.05, 0.1) is 11.8 Å². The number of carboxylic acids is 1. The van der Waals surface area contributed by atoms with E-state index in [1.807, 2.05) is 36.4 Å². The zero-order valence-corrected chi connectivity index (χ0v) is 17.2. The second-order valence-electron chi connectivity index (χ2n) is 7.98. The smallest absolute Gasteiger partial charge is 0.307 e. The van der Waals surface area contributed by atoms with Crippen molar-refractivity contribution in [2.75, 3.05) is 41.3 Å². The number of aliphatic carboxylic acids is 1. The molecule has 4 rings (SSSR count). The standard InChI is InChI=1S/C24H26FN3O3/c25-17-5-9-19(10-6-17)27-13-15-28(16-14-27)20-11-7-18(8-12-20)26-23(29)21-3-1-2-4-22(21)24(30)31/h1-2,5-12,21-22H,3-4,13-16H2,(H,26,29)(H,30,31)/t21-,22+/m0/s1. The van der Waals surface area contributed by atoms with Crippen LogP contribution in [0.15, 0.2) is 60.7 Å². The van der Waals surface area contributed by atoms with Crippen molar-refractivity contribution < 1.29 is 19.1 Å². The molecular weight excluding hydrogens is 397 g/mol. The second kappa shape index (κ2) is 9.20. The van der Waals surface area contributed by atoms with Crippen LogP contribution in [-0.2, 0) is 9.59 Å². The van der Waals surface area contributed by atoms with Crippen LogP contribution in [0.4, 0.5) is 21.5 Å². The van der Waals surface area contributed by atoms with Crippen LogP contribution in [0.2, 0.25) is 0 Å². The normalized spacial score (nSPS) is 21.1. The SMILES string of the molecule is O=C(Nc1ccc(N2CCN(c3ccc(F)cc3)CC2)cc1)[C@H]1CC=CC[C@H]1C(=O)O. The molecule has 2 aliphatic rings. The minimum Gasteiger partial charge on any atom is -0.481 e. The number of halogens is 1. The van der Waals surface area contributed by atoms with E-state index in [4.69, 9.17) is 0 Å². The van der Waals surface area contributed by atoms with Gasteiger partial charge in [0.2, 0.25) is 5.91 Å². The Morgan fingerprint density at radius 3 is 1.81 bits per heavy atom. The van der Waals surface area contributed by atoms with Crippen LogP contribution >= 0.6 is 0 Å². The summed E-state index contributed by atoms with van der Waals surface area (Å²) in [5.41, 5.74) is 2.76. The minimum absolute atomic E-state index is 0.229. The molecule has 1 aliphatic carbocycles. The quantitative estimate of drug-likeness (QED) is 0.717. The van der Waals surface area contributed by atoms with Crippen molar-refractivity contribution in [2.45, 2.75) is 12.8 Å². The van der Waals surface area contributed by atoms with Gasteiger partial charge in [-0.3, -0.25) is 9.59 Å². The molecule has 7 heteroatoms. The average Bonchev–Trinajstić information content (AvgIpc) is 2.80. The maximum absolute atomic E-state index is 13.1. The number of carbonyl (C=O) groups excluding carboxylic acids is 1. The van der Waals surface area contributed by atoms with Crippen molar-refractivity contribution in [3.05, 3.63) is 66.5 Å². The van der Waals surface area contributed by atoms with Gasteiger partial charge in [-0.25, -0.2) is 4.39 Å². The first-order chi connectivity index (χ1) is 15.0. The molecule has 1 fully saturated rings. The third kappa shape index (κ3) is 4.87. The number of benzene rings is 2. The molecule has 1 heterocycles. The van der Waals surface area contributed by atoms with Gasteiger partial charge in [0.1, 0.15) is 5.82 Å². The number of piperazine rings is 1. The minimum atomic E-state index is -0.931. The van der Waals surface area contributed by atoms with Crippen molar-refractivity contribution in [3.8, 4) is 0 Å². The molecule has 2 N–H and O–H groups in total. The highest BCUT2D eigenvalue weighted by molar-refractivity contribution is 5.95. The lowest BCUT2D eigenvalue weighted by atomic mass is 9.82. The van der Waals surface area contributed by atoms with Gasteiger partial charge >= 0.3 is 5.97 Å². The number of carboxylic acid groups (broad SMARTS) is 1. The topological polar surface area (TPSA) is 72.9 Å². The third-order valence-electron chi connectivity index (χ3n) is 6.06. The number of hydrogen-bond donors (Lipinski definition) is 2. The molecular formula is C24H26FN3O3. The Morgan fingerprint density at radius 1 is 0.806 bits per heavy atom. The summed E-state index contributed by atoms with van der Waals surface area (Å²) in [6, 6.07) is 14.2. The second-order valence-corrected chi connectivity index (χ2v) is 7.98. The Bertz CT molecular complexity index is 951. The summed E-state index contributed by atoms with van der Waals surface area (Å²) < 4.78 is 13.1. The van der Waals surface area contributed by atoms with Crippen molar-refractivity contribution in [2.24, 2.45) is 11.8 Å². The van der Waals surface area contributed by atoms with Gasteiger partial charge in [-0.05, 0) is 61.4 Å². The molecule has 0 radical (unpaired) electrons. The molecule has 2 atom stereocenters. The van der Waals surface area contributed by atoms with Gasteiger partial charge < -0.3 is 20.2 Å². The highest BCUT2D eigenvalue weighted by atomic mass is 19.1. The average molecular weight is 423 g/mol. The van der Waals surface area contributed by atoms with E-state index in [0.717, 1.165) is 37.6 Å². The van der Waals surface area contributed by atoms with Gasteiger partial charge in [-0.2, -0.15) is 0 Å². The molecule has 1 aliphatic heterocycles. The highest BCUT2D eigenvalue weighted by Crippen LogP contribution is 2.28. The number of rotatable bonds is 5. The van der Waals surface area contributed by atoms with E-state index in [1.165, 1.54) is 12.1 Å². The monoisotopic (exact) mass is 423 g/mol. The molecule has 0 aromatic heterocycles. The van der Waals surface area contributed by atoms with Crippen molar-refractivity contribution in [1.29, 1.82) is 0 Å². The largest absolute Gasteiger partial charge is 0.481 e. The lowest BCUT2D eigenvalue weighted by molar-refractivity contribution is -0.146. The van der Waals surface area contributed by atoms with Gasteiger partial charge in [0.25, 0.3) is 0 Å². The summed E-state index contributed by atoms with van der Waals surface area (Å²) in [6.07, 6.45) is 4.53. The number of nitrogens with zero attached hydrogens (tertiary/aromatic N) is 2. The maximum atomic E-state index is 13.1. The van der Waals surface area contributed by atoms with Crippen LogP contribution in [-0.4, -0.2) is 43.2 Å². The molecule has 0 bridgehead atoms. The zero-order chi connectivity index (χ0) is 21.8. The Balaban J connectivity index is 1.33. The lowest BCUT2D eigenvalue weighted by Gasteiger charge is -2.37. The molecule has 2 aromatic rings. The van der Waals surface area contributed by atoms with E-state index in [1.54, 1.807) is 12.1 Å². The highest BCUT2D eigenvalue weighted by Gasteiger charge is 2.34. The fraction of sp³-hybridized carbons (Fsp3) is 0.333.